The van der Waals surface area contributed by atoms with Crippen LogP contribution in [0.15, 0.2) is 60.8 Å². The van der Waals surface area contributed by atoms with E-state index >= 15 is 0 Å². The zero-order valence-corrected chi connectivity index (χ0v) is 14.4. The number of H-pyrrole nitrogens is 1. The van der Waals surface area contributed by atoms with Crippen LogP contribution in [0.5, 0.6) is 0 Å². The zero-order chi connectivity index (χ0) is 17.1. The molecular formula is C22H24N2O. The van der Waals surface area contributed by atoms with Gasteiger partial charge in [0.05, 0.1) is 0 Å². The maximum atomic E-state index is 12.6. The number of carbonyl (C=O) groups is 1. The molecule has 0 unspecified atom stereocenters. The average Bonchev–Trinajstić information content (AvgIpc) is 3.10. The second kappa shape index (κ2) is 7.14. The fourth-order valence-electron chi connectivity index (χ4n) is 3.93. The number of hydrogen-bond donors (Lipinski definition) is 1. The number of nitrogens with zero attached hydrogens (tertiary/aromatic N) is 1. The van der Waals surface area contributed by atoms with Gasteiger partial charge in [0.2, 0.25) is 5.91 Å². The number of rotatable bonds is 4. The third kappa shape index (κ3) is 3.46. The van der Waals surface area contributed by atoms with Gasteiger partial charge < -0.3 is 9.88 Å². The first-order chi connectivity index (χ1) is 12.3. The largest absolute Gasteiger partial charge is 0.361 e. The molecule has 0 atom stereocenters. The summed E-state index contributed by atoms with van der Waals surface area (Å²) in [6.45, 7) is 1.76. The van der Waals surface area contributed by atoms with Crippen molar-refractivity contribution in [3.8, 4) is 0 Å². The lowest BCUT2D eigenvalue weighted by molar-refractivity contribution is -0.132. The summed E-state index contributed by atoms with van der Waals surface area (Å²) >= 11 is 0. The van der Waals surface area contributed by atoms with Gasteiger partial charge in [-0.05, 0) is 42.4 Å². The third-order valence-electron chi connectivity index (χ3n) is 5.40. The Hall–Kier alpha value is -2.55. The number of aromatic nitrogens is 1. The van der Waals surface area contributed by atoms with Gasteiger partial charge in [0.15, 0.2) is 0 Å². The Morgan fingerprint density at radius 1 is 1.00 bits per heavy atom. The predicted octanol–water partition coefficient (Wildman–Crippen LogP) is 4.51. The van der Waals surface area contributed by atoms with Gasteiger partial charge in [-0.3, -0.25) is 4.79 Å². The number of nitrogens with one attached hydrogen (secondary N) is 1. The minimum atomic E-state index is 0.289. The fraction of sp³-hybridized carbons (Fsp3) is 0.318. The summed E-state index contributed by atoms with van der Waals surface area (Å²) < 4.78 is 0. The van der Waals surface area contributed by atoms with Gasteiger partial charge in [-0.2, -0.15) is 0 Å². The molecule has 1 amide bonds. The molecular weight excluding hydrogens is 308 g/mol. The first kappa shape index (κ1) is 15.9. The SMILES string of the molecule is O=C(CCc1c[nH]c2ccccc12)N1CCC(c2ccccc2)CC1. The smallest absolute Gasteiger partial charge is 0.222 e. The van der Waals surface area contributed by atoms with Gasteiger partial charge in [-0.25, -0.2) is 0 Å². The highest BCUT2D eigenvalue weighted by atomic mass is 16.2. The Kier molecular flexibility index (Phi) is 4.55. The van der Waals surface area contributed by atoms with Crippen molar-refractivity contribution < 1.29 is 4.79 Å². The average molecular weight is 332 g/mol. The van der Waals surface area contributed by atoms with Crippen LogP contribution in [-0.2, 0) is 11.2 Å². The Morgan fingerprint density at radius 2 is 1.72 bits per heavy atom. The number of aromatic amines is 1. The van der Waals surface area contributed by atoms with Crippen LogP contribution < -0.4 is 0 Å². The highest BCUT2D eigenvalue weighted by Gasteiger charge is 2.23. The van der Waals surface area contributed by atoms with Gasteiger partial charge in [0.1, 0.15) is 0 Å². The van der Waals surface area contributed by atoms with E-state index in [0.717, 1.165) is 37.9 Å². The van der Waals surface area contributed by atoms with Crippen LogP contribution in [0.3, 0.4) is 0 Å². The molecule has 25 heavy (non-hydrogen) atoms. The number of piperidine rings is 1. The maximum absolute atomic E-state index is 12.6. The molecule has 3 nitrogen and oxygen atoms in total. The third-order valence-corrected chi connectivity index (χ3v) is 5.40. The van der Waals surface area contributed by atoms with E-state index in [2.05, 4.69) is 53.5 Å². The first-order valence-electron chi connectivity index (χ1n) is 9.19. The van der Waals surface area contributed by atoms with Crippen LogP contribution in [0.4, 0.5) is 0 Å². The van der Waals surface area contributed by atoms with E-state index in [-0.39, 0.29) is 5.91 Å². The van der Waals surface area contributed by atoms with Crippen LogP contribution in [0.25, 0.3) is 10.9 Å². The molecule has 2 aromatic carbocycles. The number of para-hydroxylation sites is 1. The fourth-order valence-corrected chi connectivity index (χ4v) is 3.93. The van der Waals surface area contributed by atoms with Gasteiger partial charge >= 0.3 is 0 Å². The van der Waals surface area contributed by atoms with Crippen molar-refractivity contribution in [2.24, 2.45) is 0 Å². The summed E-state index contributed by atoms with van der Waals surface area (Å²) in [5.41, 5.74) is 3.80. The van der Waals surface area contributed by atoms with Crippen molar-refractivity contribution >= 4 is 16.8 Å². The first-order valence-corrected chi connectivity index (χ1v) is 9.19. The molecule has 1 aliphatic heterocycles. The van der Waals surface area contributed by atoms with Crippen LogP contribution >= 0.6 is 0 Å². The zero-order valence-electron chi connectivity index (χ0n) is 14.4. The van der Waals surface area contributed by atoms with Crippen LogP contribution in [0, 0.1) is 0 Å². The molecule has 128 valence electrons. The van der Waals surface area contributed by atoms with E-state index in [4.69, 9.17) is 0 Å². The van der Waals surface area contributed by atoms with E-state index in [0.29, 0.717) is 12.3 Å². The van der Waals surface area contributed by atoms with Gasteiger partial charge in [-0.1, -0.05) is 48.5 Å². The van der Waals surface area contributed by atoms with Crippen LogP contribution in [0.1, 0.15) is 36.3 Å². The van der Waals surface area contributed by atoms with Crippen molar-refractivity contribution in [2.45, 2.75) is 31.6 Å². The topological polar surface area (TPSA) is 36.1 Å². The number of likely N-dealkylation sites (tertiary alicyclic amines) is 1. The number of benzene rings is 2. The predicted molar refractivity (Wildman–Crippen MR) is 102 cm³/mol. The summed E-state index contributed by atoms with van der Waals surface area (Å²) in [4.78, 5) is 17.9. The highest BCUT2D eigenvalue weighted by molar-refractivity contribution is 5.84. The molecule has 0 bridgehead atoms. The summed E-state index contributed by atoms with van der Waals surface area (Å²) in [6, 6.07) is 19.0. The van der Waals surface area contributed by atoms with Crippen molar-refractivity contribution in [1.82, 2.24) is 9.88 Å². The maximum Gasteiger partial charge on any atom is 0.222 e. The van der Waals surface area contributed by atoms with E-state index < -0.39 is 0 Å². The molecule has 1 N–H and O–H groups in total. The minimum absolute atomic E-state index is 0.289. The van der Waals surface area contributed by atoms with Gasteiger partial charge in [0, 0.05) is 36.6 Å². The van der Waals surface area contributed by atoms with Crippen molar-refractivity contribution in [3.05, 3.63) is 71.9 Å². The van der Waals surface area contributed by atoms with Crippen molar-refractivity contribution in [1.29, 1.82) is 0 Å². The number of fused-ring (bicyclic) bond motifs is 1. The summed E-state index contributed by atoms with van der Waals surface area (Å²) in [5.74, 6) is 0.885. The van der Waals surface area contributed by atoms with Gasteiger partial charge in [0.25, 0.3) is 0 Å². The lowest BCUT2D eigenvalue weighted by Crippen LogP contribution is -2.38. The summed E-state index contributed by atoms with van der Waals surface area (Å²) in [6.07, 6.45) is 5.59. The van der Waals surface area contributed by atoms with Crippen molar-refractivity contribution in [2.75, 3.05) is 13.1 Å². The van der Waals surface area contributed by atoms with E-state index in [1.165, 1.54) is 16.5 Å². The lowest BCUT2D eigenvalue weighted by Gasteiger charge is -2.32. The monoisotopic (exact) mass is 332 g/mol. The Bertz CT molecular complexity index is 845. The molecule has 1 aromatic heterocycles. The number of carbonyl (C=O) groups excluding carboxylic acids is 1. The molecule has 4 rings (SSSR count). The molecule has 3 heteroatoms. The van der Waals surface area contributed by atoms with Crippen LogP contribution in [0.2, 0.25) is 0 Å². The normalized spacial score (nSPS) is 15.6. The second-order valence-electron chi connectivity index (χ2n) is 6.93. The molecule has 1 saturated heterocycles. The summed E-state index contributed by atoms with van der Waals surface area (Å²) in [5, 5.41) is 1.23. The summed E-state index contributed by atoms with van der Waals surface area (Å²) in [7, 11) is 0. The molecule has 0 saturated carbocycles. The number of hydrogen-bond acceptors (Lipinski definition) is 1. The standard InChI is InChI=1S/C22H24N2O/c25-22(11-10-19-16-23-21-9-5-4-8-20(19)21)24-14-12-18(13-15-24)17-6-2-1-3-7-17/h1-9,16,18,23H,10-15H2. The molecule has 0 spiro atoms. The van der Waals surface area contributed by atoms with Gasteiger partial charge in [-0.15, -0.1) is 0 Å². The molecule has 0 radical (unpaired) electrons. The second-order valence-corrected chi connectivity index (χ2v) is 6.93. The lowest BCUT2D eigenvalue weighted by atomic mass is 9.89. The highest BCUT2D eigenvalue weighted by Crippen LogP contribution is 2.28. The molecule has 1 fully saturated rings. The molecule has 0 aliphatic carbocycles. The Labute approximate surface area is 148 Å². The minimum Gasteiger partial charge on any atom is -0.361 e. The molecule has 3 aromatic rings. The Morgan fingerprint density at radius 3 is 2.52 bits per heavy atom. The molecule has 2 heterocycles. The quantitative estimate of drug-likeness (QED) is 0.750. The van der Waals surface area contributed by atoms with E-state index in [9.17, 15) is 4.79 Å². The number of aryl methyl sites for hydroxylation is 1. The van der Waals surface area contributed by atoms with Crippen molar-refractivity contribution in [3.63, 3.8) is 0 Å². The molecule has 1 aliphatic rings. The Balaban J connectivity index is 1.32. The van der Waals surface area contributed by atoms with E-state index in [1.54, 1.807) is 0 Å². The van der Waals surface area contributed by atoms with E-state index in [1.807, 2.05) is 17.2 Å². The van der Waals surface area contributed by atoms with Crippen LogP contribution in [-0.4, -0.2) is 28.9 Å². The number of amides is 1.